The molecule has 19 heavy (non-hydrogen) atoms. The van der Waals surface area contributed by atoms with E-state index in [0.717, 1.165) is 0 Å². The maximum atomic E-state index is 11.7. The number of hydrogen-bond donors (Lipinski definition) is 3. The molecule has 8 nitrogen and oxygen atoms in total. The molecule has 0 saturated heterocycles. The summed E-state index contributed by atoms with van der Waals surface area (Å²) in [7, 11) is 3.07. The summed E-state index contributed by atoms with van der Waals surface area (Å²) in [6.45, 7) is 0. The highest BCUT2D eigenvalue weighted by molar-refractivity contribution is 5.98. The molecule has 0 spiro atoms. The second kappa shape index (κ2) is 5.71. The minimum absolute atomic E-state index is 0.257. The third kappa shape index (κ3) is 3.35. The normalized spacial score (nSPS) is 9.79. The molecule has 0 unspecified atom stereocenters. The molecule has 8 heteroatoms. The number of nitrogens with zero attached hydrogens (tertiary/aromatic N) is 2. The Morgan fingerprint density at radius 2 is 1.84 bits per heavy atom. The Hall–Kier alpha value is -2.77. The lowest BCUT2D eigenvalue weighted by atomic mass is 10.3. The van der Waals surface area contributed by atoms with E-state index >= 15 is 0 Å². The molecule has 3 N–H and O–H groups in total. The molecule has 0 fully saturated rings. The number of amides is 2. The molecule has 1 aromatic heterocycles. The number of nitrogens with one attached hydrogen (secondary N) is 3. The topological polar surface area (TPSA) is 101 Å². The summed E-state index contributed by atoms with van der Waals surface area (Å²) < 4.78 is 10.2. The number of H-pyrrole nitrogens is 1. The van der Waals surface area contributed by atoms with Gasteiger partial charge in [-0.15, -0.1) is 0 Å². The van der Waals surface area contributed by atoms with Crippen LogP contribution in [0.15, 0.2) is 24.5 Å². The third-order valence-corrected chi connectivity index (χ3v) is 2.26. The van der Waals surface area contributed by atoms with Gasteiger partial charge in [0, 0.05) is 23.9 Å². The Bertz CT molecular complexity index is 533. The molecule has 2 aromatic rings. The van der Waals surface area contributed by atoms with Crippen LogP contribution in [0.4, 0.5) is 16.4 Å². The van der Waals surface area contributed by atoms with Crippen molar-refractivity contribution in [3.8, 4) is 11.5 Å². The van der Waals surface area contributed by atoms with Crippen LogP contribution in [-0.4, -0.2) is 35.4 Å². The lowest BCUT2D eigenvalue weighted by Gasteiger charge is -2.09. The van der Waals surface area contributed by atoms with Crippen molar-refractivity contribution in [3.05, 3.63) is 24.5 Å². The van der Waals surface area contributed by atoms with Gasteiger partial charge in [-0.2, -0.15) is 10.1 Å². The SMILES string of the molecule is COc1cc(NC(=O)Nc2ncn[nH]2)cc(OC)c1. The molecule has 0 bridgehead atoms. The van der Waals surface area contributed by atoms with Gasteiger partial charge in [-0.1, -0.05) is 0 Å². The van der Waals surface area contributed by atoms with E-state index < -0.39 is 6.03 Å². The van der Waals surface area contributed by atoms with Gasteiger partial charge in [-0.3, -0.25) is 5.32 Å². The van der Waals surface area contributed by atoms with Crippen LogP contribution in [0.5, 0.6) is 11.5 Å². The minimum Gasteiger partial charge on any atom is -0.497 e. The van der Waals surface area contributed by atoms with E-state index in [0.29, 0.717) is 17.2 Å². The van der Waals surface area contributed by atoms with E-state index in [1.165, 1.54) is 20.5 Å². The number of rotatable bonds is 4. The zero-order valence-corrected chi connectivity index (χ0v) is 10.4. The molecule has 1 heterocycles. The highest BCUT2D eigenvalue weighted by Gasteiger charge is 2.07. The van der Waals surface area contributed by atoms with Crippen molar-refractivity contribution in [1.29, 1.82) is 0 Å². The number of carbonyl (C=O) groups excluding carboxylic acids is 1. The van der Waals surface area contributed by atoms with E-state index in [1.807, 2.05) is 0 Å². The number of ether oxygens (including phenoxy) is 2. The lowest BCUT2D eigenvalue weighted by Crippen LogP contribution is -2.20. The molecule has 0 radical (unpaired) electrons. The summed E-state index contributed by atoms with van der Waals surface area (Å²) in [4.78, 5) is 15.5. The van der Waals surface area contributed by atoms with E-state index in [2.05, 4.69) is 25.8 Å². The second-order valence-corrected chi connectivity index (χ2v) is 3.51. The smallest absolute Gasteiger partial charge is 0.326 e. The summed E-state index contributed by atoms with van der Waals surface area (Å²) in [6, 6.07) is 4.59. The highest BCUT2D eigenvalue weighted by atomic mass is 16.5. The first kappa shape index (κ1) is 12.7. The van der Waals surface area contributed by atoms with Crippen molar-refractivity contribution in [2.24, 2.45) is 0 Å². The van der Waals surface area contributed by atoms with Crippen LogP contribution in [0, 0.1) is 0 Å². The zero-order valence-electron chi connectivity index (χ0n) is 10.4. The van der Waals surface area contributed by atoms with Crippen molar-refractivity contribution >= 4 is 17.7 Å². The monoisotopic (exact) mass is 263 g/mol. The zero-order chi connectivity index (χ0) is 13.7. The van der Waals surface area contributed by atoms with Gasteiger partial charge in [0.05, 0.1) is 14.2 Å². The molecule has 1 aromatic carbocycles. The summed E-state index contributed by atoms with van der Waals surface area (Å²) in [5.74, 6) is 1.41. The summed E-state index contributed by atoms with van der Waals surface area (Å²) in [5, 5.41) is 11.3. The van der Waals surface area contributed by atoms with Crippen molar-refractivity contribution in [1.82, 2.24) is 15.2 Å². The van der Waals surface area contributed by atoms with Crippen LogP contribution in [0.2, 0.25) is 0 Å². The Kier molecular flexibility index (Phi) is 3.81. The van der Waals surface area contributed by atoms with E-state index in [1.54, 1.807) is 18.2 Å². The fraction of sp³-hybridized carbons (Fsp3) is 0.182. The standard InChI is InChI=1S/C11H13N5O3/c1-18-8-3-7(4-9(5-8)19-2)14-11(17)15-10-12-6-13-16-10/h3-6H,1-2H3,(H3,12,13,14,15,16,17). The van der Waals surface area contributed by atoms with Gasteiger partial charge in [0.25, 0.3) is 0 Å². The molecule has 0 aliphatic heterocycles. The van der Waals surface area contributed by atoms with E-state index in [-0.39, 0.29) is 5.95 Å². The van der Waals surface area contributed by atoms with Crippen molar-refractivity contribution in [3.63, 3.8) is 0 Å². The first-order valence-corrected chi connectivity index (χ1v) is 5.37. The van der Waals surface area contributed by atoms with E-state index in [4.69, 9.17) is 9.47 Å². The highest BCUT2D eigenvalue weighted by Crippen LogP contribution is 2.25. The van der Waals surface area contributed by atoms with Crippen LogP contribution >= 0.6 is 0 Å². The fourth-order valence-corrected chi connectivity index (χ4v) is 1.42. The molecule has 0 atom stereocenters. The molecule has 0 aliphatic rings. The number of anilines is 2. The number of aromatic amines is 1. The first-order valence-electron chi connectivity index (χ1n) is 5.37. The van der Waals surface area contributed by atoms with Crippen LogP contribution in [-0.2, 0) is 0 Å². The Labute approximate surface area is 109 Å². The summed E-state index contributed by atoms with van der Waals surface area (Å²) >= 11 is 0. The van der Waals surface area contributed by atoms with Crippen LogP contribution < -0.4 is 20.1 Å². The lowest BCUT2D eigenvalue weighted by molar-refractivity contribution is 0.262. The Balaban J connectivity index is 2.07. The third-order valence-electron chi connectivity index (χ3n) is 2.26. The quantitative estimate of drug-likeness (QED) is 0.775. The largest absolute Gasteiger partial charge is 0.497 e. The molecule has 100 valence electrons. The molecule has 0 saturated carbocycles. The number of aromatic nitrogens is 3. The summed E-state index contributed by atoms with van der Waals surface area (Å²) in [6.07, 6.45) is 1.30. The molecule has 2 rings (SSSR count). The number of urea groups is 1. The van der Waals surface area contributed by atoms with Gasteiger partial charge in [-0.05, 0) is 0 Å². The van der Waals surface area contributed by atoms with Gasteiger partial charge in [-0.25, -0.2) is 9.89 Å². The van der Waals surface area contributed by atoms with Crippen molar-refractivity contribution < 1.29 is 14.3 Å². The molecule has 0 aliphatic carbocycles. The molecule has 2 amide bonds. The number of methoxy groups -OCH3 is 2. The maximum Gasteiger partial charge on any atom is 0.326 e. The van der Waals surface area contributed by atoms with Gasteiger partial charge in [0.1, 0.15) is 17.8 Å². The van der Waals surface area contributed by atoms with Gasteiger partial charge < -0.3 is 14.8 Å². The van der Waals surface area contributed by atoms with Crippen LogP contribution in [0.25, 0.3) is 0 Å². The minimum atomic E-state index is -0.452. The fourth-order valence-electron chi connectivity index (χ4n) is 1.42. The second-order valence-electron chi connectivity index (χ2n) is 3.51. The number of benzene rings is 1. The van der Waals surface area contributed by atoms with Crippen LogP contribution in [0.1, 0.15) is 0 Å². The maximum absolute atomic E-state index is 11.7. The molecular formula is C11H13N5O3. The van der Waals surface area contributed by atoms with Crippen molar-refractivity contribution in [2.45, 2.75) is 0 Å². The van der Waals surface area contributed by atoms with Gasteiger partial charge in [0.15, 0.2) is 0 Å². The Morgan fingerprint density at radius 3 is 2.37 bits per heavy atom. The number of carbonyl (C=O) groups is 1. The molecular weight excluding hydrogens is 250 g/mol. The predicted molar refractivity (Wildman–Crippen MR) is 68.6 cm³/mol. The van der Waals surface area contributed by atoms with Crippen molar-refractivity contribution in [2.75, 3.05) is 24.9 Å². The first-order chi connectivity index (χ1) is 9.21. The van der Waals surface area contributed by atoms with Gasteiger partial charge in [0.2, 0.25) is 5.95 Å². The summed E-state index contributed by atoms with van der Waals surface area (Å²) in [5.41, 5.74) is 0.535. The predicted octanol–water partition coefficient (Wildman–Crippen LogP) is 1.47. The van der Waals surface area contributed by atoms with Crippen LogP contribution in [0.3, 0.4) is 0 Å². The number of hydrogen-bond acceptors (Lipinski definition) is 5. The average Bonchev–Trinajstić information content (AvgIpc) is 2.90. The Morgan fingerprint density at radius 1 is 1.16 bits per heavy atom. The average molecular weight is 263 g/mol. The van der Waals surface area contributed by atoms with Gasteiger partial charge >= 0.3 is 6.03 Å². The van der Waals surface area contributed by atoms with E-state index in [9.17, 15) is 4.79 Å².